The van der Waals surface area contributed by atoms with Crippen LogP contribution in [0.15, 0.2) is 22.7 Å². The second-order valence-electron chi connectivity index (χ2n) is 5.70. The van der Waals surface area contributed by atoms with Gasteiger partial charge in [-0.25, -0.2) is 0 Å². The molecule has 0 bridgehead atoms. The summed E-state index contributed by atoms with van der Waals surface area (Å²) < 4.78 is 0.919. The third-order valence-corrected chi connectivity index (χ3v) is 4.13. The average Bonchev–Trinajstić information content (AvgIpc) is 2.20. The first-order valence-electron chi connectivity index (χ1n) is 6.01. The summed E-state index contributed by atoms with van der Waals surface area (Å²) in [5.41, 5.74) is 7.60. The van der Waals surface area contributed by atoms with Crippen molar-refractivity contribution in [3.63, 3.8) is 0 Å². The molecule has 1 unspecified atom stereocenters. The molecule has 1 aromatic carbocycles. The van der Waals surface area contributed by atoms with Gasteiger partial charge in [0.1, 0.15) is 0 Å². The fourth-order valence-electron chi connectivity index (χ4n) is 1.81. The van der Waals surface area contributed by atoms with E-state index in [9.17, 15) is 0 Å². The Balaban J connectivity index is 2.58. The van der Waals surface area contributed by atoms with Crippen LogP contribution in [0.4, 0.5) is 0 Å². The molecule has 0 aliphatic rings. The largest absolute Gasteiger partial charge is 0.324 e. The number of hydrogen-bond acceptors (Lipinski definition) is 1. The molecule has 0 amide bonds. The van der Waals surface area contributed by atoms with E-state index in [4.69, 9.17) is 17.3 Å². The number of hydrogen-bond donors (Lipinski definition) is 1. The lowest BCUT2D eigenvalue weighted by molar-refractivity contribution is 0.353. The zero-order valence-electron chi connectivity index (χ0n) is 10.8. The van der Waals surface area contributed by atoms with Crippen LogP contribution in [0, 0.1) is 5.41 Å². The highest BCUT2D eigenvalue weighted by Gasteiger charge is 2.14. The fourth-order valence-corrected chi connectivity index (χ4v) is 2.46. The summed E-state index contributed by atoms with van der Waals surface area (Å²) in [6.07, 6.45) is 3.30. The number of rotatable bonds is 4. The van der Waals surface area contributed by atoms with E-state index in [0.29, 0.717) is 5.41 Å². The maximum absolute atomic E-state index is 6.23. The molecule has 0 fully saturated rings. The summed E-state index contributed by atoms with van der Waals surface area (Å²) in [6, 6.07) is 5.96. The van der Waals surface area contributed by atoms with Gasteiger partial charge in [-0.1, -0.05) is 50.9 Å². The van der Waals surface area contributed by atoms with Crippen LogP contribution in [-0.2, 0) is 0 Å². The van der Waals surface area contributed by atoms with Gasteiger partial charge in [0.05, 0.1) is 5.02 Å². The van der Waals surface area contributed by atoms with Gasteiger partial charge in [-0.2, -0.15) is 0 Å². The first kappa shape index (κ1) is 15.0. The van der Waals surface area contributed by atoms with Crippen molar-refractivity contribution in [2.75, 3.05) is 0 Å². The van der Waals surface area contributed by atoms with Gasteiger partial charge in [-0.05, 0) is 45.8 Å². The van der Waals surface area contributed by atoms with Crippen LogP contribution in [-0.4, -0.2) is 0 Å². The van der Waals surface area contributed by atoms with Gasteiger partial charge in [0.2, 0.25) is 0 Å². The fraction of sp³-hybridized carbons (Fsp3) is 0.571. The molecule has 0 heterocycles. The van der Waals surface area contributed by atoms with E-state index in [1.165, 1.54) is 6.42 Å². The van der Waals surface area contributed by atoms with Crippen LogP contribution < -0.4 is 5.73 Å². The smallest absolute Gasteiger partial charge is 0.0595 e. The highest BCUT2D eigenvalue weighted by Crippen LogP contribution is 2.32. The van der Waals surface area contributed by atoms with Gasteiger partial charge < -0.3 is 5.73 Å². The second-order valence-corrected chi connectivity index (χ2v) is 6.93. The lowest BCUT2D eigenvalue weighted by atomic mass is 9.88. The van der Waals surface area contributed by atoms with Crippen molar-refractivity contribution in [2.24, 2.45) is 11.1 Å². The van der Waals surface area contributed by atoms with E-state index in [2.05, 4.69) is 36.7 Å². The first-order valence-corrected chi connectivity index (χ1v) is 7.18. The van der Waals surface area contributed by atoms with Crippen molar-refractivity contribution in [1.29, 1.82) is 0 Å². The third-order valence-electron chi connectivity index (χ3n) is 2.82. The highest BCUT2D eigenvalue weighted by molar-refractivity contribution is 9.10. The van der Waals surface area contributed by atoms with E-state index < -0.39 is 0 Å². The van der Waals surface area contributed by atoms with Crippen molar-refractivity contribution in [3.05, 3.63) is 33.3 Å². The Morgan fingerprint density at radius 2 is 2.00 bits per heavy atom. The molecule has 2 N–H and O–H groups in total. The molecular weight excluding hydrogens is 298 g/mol. The maximum atomic E-state index is 6.23. The van der Waals surface area contributed by atoms with Gasteiger partial charge in [0, 0.05) is 10.5 Å². The van der Waals surface area contributed by atoms with Crippen LogP contribution in [0.5, 0.6) is 0 Å². The zero-order chi connectivity index (χ0) is 13.1. The van der Waals surface area contributed by atoms with Gasteiger partial charge in [-0.15, -0.1) is 0 Å². The lowest BCUT2D eigenvalue weighted by Gasteiger charge is -2.20. The Morgan fingerprint density at radius 1 is 1.35 bits per heavy atom. The summed E-state index contributed by atoms with van der Waals surface area (Å²) in [5.74, 6) is 0. The third kappa shape index (κ3) is 4.99. The summed E-state index contributed by atoms with van der Waals surface area (Å²) in [5, 5.41) is 0.746. The highest BCUT2D eigenvalue weighted by atomic mass is 79.9. The Labute approximate surface area is 118 Å². The second kappa shape index (κ2) is 6.21. The van der Waals surface area contributed by atoms with E-state index in [-0.39, 0.29) is 6.04 Å². The van der Waals surface area contributed by atoms with Crippen LogP contribution >= 0.6 is 27.5 Å². The van der Waals surface area contributed by atoms with Crippen LogP contribution in [0.25, 0.3) is 0 Å². The monoisotopic (exact) mass is 317 g/mol. The normalized spacial score (nSPS) is 13.8. The minimum absolute atomic E-state index is 0.0300. The summed E-state index contributed by atoms with van der Waals surface area (Å²) in [4.78, 5) is 0. The van der Waals surface area contributed by atoms with Gasteiger partial charge in [0.25, 0.3) is 0 Å². The summed E-state index contributed by atoms with van der Waals surface area (Å²) in [6.45, 7) is 6.76. The maximum Gasteiger partial charge on any atom is 0.0595 e. The molecule has 1 aromatic rings. The van der Waals surface area contributed by atoms with Crippen molar-refractivity contribution in [1.82, 2.24) is 0 Å². The quantitative estimate of drug-likeness (QED) is 0.799. The molecule has 3 heteroatoms. The number of halogens is 2. The molecule has 1 nitrogen and oxygen atoms in total. The standard InChI is InChI=1S/C14H21BrClN/c1-14(2,3)9-5-8-12(17)10-6-4-7-11(15)13(10)16/h4,6-7,12H,5,8-9,17H2,1-3H3. The molecule has 17 heavy (non-hydrogen) atoms. The lowest BCUT2D eigenvalue weighted by Crippen LogP contribution is -2.12. The Bertz CT molecular complexity index is 371. The van der Waals surface area contributed by atoms with Crippen LogP contribution in [0.2, 0.25) is 5.02 Å². The number of nitrogens with two attached hydrogens (primary N) is 1. The topological polar surface area (TPSA) is 26.0 Å². The molecule has 0 radical (unpaired) electrons. The molecule has 96 valence electrons. The van der Waals surface area contributed by atoms with Gasteiger partial charge in [-0.3, -0.25) is 0 Å². The summed E-state index contributed by atoms with van der Waals surface area (Å²) >= 11 is 9.66. The molecular formula is C14H21BrClN. The molecule has 0 aromatic heterocycles. The first-order chi connectivity index (χ1) is 7.81. The van der Waals surface area contributed by atoms with Gasteiger partial charge >= 0.3 is 0 Å². The van der Waals surface area contributed by atoms with Crippen molar-refractivity contribution >= 4 is 27.5 Å². The molecule has 0 aliphatic carbocycles. The van der Waals surface area contributed by atoms with E-state index in [0.717, 1.165) is 27.9 Å². The van der Waals surface area contributed by atoms with E-state index >= 15 is 0 Å². The van der Waals surface area contributed by atoms with Crippen molar-refractivity contribution in [2.45, 2.75) is 46.1 Å². The molecule has 1 atom stereocenters. The van der Waals surface area contributed by atoms with Crippen LogP contribution in [0.3, 0.4) is 0 Å². The van der Waals surface area contributed by atoms with Crippen molar-refractivity contribution in [3.8, 4) is 0 Å². The Hall–Kier alpha value is -0.0500. The molecule has 0 aliphatic heterocycles. The van der Waals surface area contributed by atoms with E-state index in [1.54, 1.807) is 0 Å². The van der Waals surface area contributed by atoms with Gasteiger partial charge in [0.15, 0.2) is 0 Å². The molecule has 1 rings (SSSR count). The summed E-state index contributed by atoms with van der Waals surface area (Å²) in [7, 11) is 0. The predicted octanol–water partition coefficient (Wildman–Crippen LogP) is 5.32. The predicted molar refractivity (Wildman–Crippen MR) is 79.4 cm³/mol. The van der Waals surface area contributed by atoms with Crippen LogP contribution in [0.1, 0.15) is 51.6 Å². The van der Waals surface area contributed by atoms with E-state index in [1.807, 2.05) is 18.2 Å². The molecule has 0 spiro atoms. The Morgan fingerprint density at radius 3 is 2.59 bits per heavy atom. The van der Waals surface area contributed by atoms with Crippen molar-refractivity contribution < 1.29 is 0 Å². The molecule has 0 saturated heterocycles. The minimum atomic E-state index is 0.0300. The SMILES string of the molecule is CC(C)(C)CCCC(N)c1cccc(Br)c1Cl. The Kier molecular flexibility index (Phi) is 5.49. The average molecular weight is 319 g/mol. The minimum Gasteiger partial charge on any atom is -0.324 e. The zero-order valence-corrected chi connectivity index (χ0v) is 13.1. The number of benzene rings is 1. The molecule has 0 saturated carbocycles.